The largest absolute Gasteiger partial charge is 0.495 e. The number of nitriles is 1. The van der Waals surface area contributed by atoms with E-state index in [4.69, 9.17) is 10.00 Å². The van der Waals surface area contributed by atoms with Crippen LogP contribution in [0, 0.1) is 18.3 Å². The first kappa shape index (κ1) is 13.3. The topological polar surface area (TPSA) is 79.2 Å². The van der Waals surface area contributed by atoms with Crippen molar-refractivity contribution < 1.29 is 13.2 Å². The molecule has 0 amide bonds. The Morgan fingerprint density at radius 1 is 1.47 bits per heavy atom. The second kappa shape index (κ2) is 5.06. The highest BCUT2D eigenvalue weighted by Crippen LogP contribution is 2.26. The molecule has 17 heavy (non-hydrogen) atoms. The van der Waals surface area contributed by atoms with Crippen LogP contribution >= 0.6 is 0 Å². The number of nitrogens with one attached hydrogen (secondary N) is 1. The molecule has 6 heteroatoms. The molecule has 0 saturated carbocycles. The van der Waals surface area contributed by atoms with E-state index in [0.29, 0.717) is 11.4 Å². The minimum atomic E-state index is -3.70. The molecule has 0 aliphatic heterocycles. The standard InChI is InChI=1S/C11H14N2O3S/c1-8-4-5-11(16-3)10(6-8)13-17(14,15)9(2)7-12/h4-6,9,13H,1-3H3. The van der Waals surface area contributed by atoms with E-state index in [0.717, 1.165) is 5.56 Å². The third-order valence-corrected chi connectivity index (χ3v) is 3.80. The predicted octanol–water partition coefficient (Wildman–Crippen LogP) is 1.66. The maximum Gasteiger partial charge on any atom is 0.248 e. The molecule has 0 aliphatic rings. The molecular weight excluding hydrogens is 240 g/mol. The number of benzene rings is 1. The fourth-order valence-corrected chi connectivity index (χ4v) is 1.99. The van der Waals surface area contributed by atoms with Crippen LogP contribution in [-0.2, 0) is 10.0 Å². The highest BCUT2D eigenvalue weighted by atomic mass is 32.2. The van der Waals surface area contributed by atoms with Gasteiger partial charge in [-0.2, -0.15) is 5.26 Å². The average molecular weight is 254 g/mol. The van der Waals surface area contributed by atoms with E-state index >= 15 is 0 Å². The molecule has 0 saturated heterocycles. The van der Waals surface area contributed by atoms with Gasteiger partial charge in [-0.1, -0.05) is 6.07 Å². The van der Waals surface area contributed by atoms with Gasteiger partial charge in [0.25, 0.3) is 0 Å². The quantitative estimate of drug-likeness (QED) is 0.886. The van der Waals surface area contributed by atoms with Gasteiger partial charge in [0.05, 0.1) is 18.9 Å². The van der Waals surface area contributed by atoms with E-state index in [1.807, 2.05) is 13.0 Å². The van der Waals surface area contributed by atoms with Crippen molar-refractivity contribution in [2.45, 2.75) is 19.1 Å². The zero-order valence-electron chi connectivity index (χ0n) is 9.89. The molecule has 0 spiro atoms. The lowest BCUT2D eigenvalue weighted by molar-refractivity contribution is 0.417. The molecule has 0 heterocycles. The Kier molecular flexibility index (Phi) is 3.97. The number of methoxy groups -OCH3 is 1. The Balaban J connectivity index is 3.12. The lowest BCUT2D eigenvalue weighted by Crippen LogP contribution is -2.24. The Labute approximate surface area is 101 Å². The summed E-state index contributed by atoms with van der Waals surface area (Å²) in [5.74, 6) is 0.421. The van der Waals surface area contributed by atoms with Crippen LogP contribution in [0.3, 0.4) is 0 Å². The van der Waals surface area contributed by atoms with Crippen molar-refractivity contribution in [3.63, 3.8) is 0 Å². The smallest absolute Gasteiger partial charge is 0.248 e. The number of hydrogen-bond donors (Lipinski definition) is 1. The van der Waals surface area contributed by atoms with Gasteiger partial charge in [-0.25, -0.2) is 8.42 Å². The minimum Gasteiger partial charge on any atom is -0.495 e. The van der Waals surface area contributed by atoms with E-state index in [2.05, 4.69) is 4.72 Å². The van der Waals surface area contributed by atoms with Crippen molar-refractivity contribution in [2.75, 3.05) is 11.8 Å². The van der Waals surface area contributed by atoms with Crippen LogP contribution in [0.25, 0.3) is 0 Å². The van der Waals surface area contributed by atoms with Gasteiger partial charge in [-0.05, 0) is 31.5 Å². The van der Waals surface area contributed by atoms with Crippen molar-refractivity contribution in [3.8, 4) is 11.8 Å². The van der Waals surface area contributed by atoms with Crippen molar-refractivity contribution in [3.05, 3.63) is 23.8 Å². The van der Waals surface area contributed by atoms with Crippen LogP contribution < -0.4 is 9.46 Å². The van der Waals surface area contributed by atoms with E-state index in [1.54, 1.807) is 18.2 Å². The fraction of sp³-hybridized carbons (Fsp3) is 0.364. The van der Waals surface area contributed by atoms with Gasteiger partial charge in [0.2, 0.25) is 10.0 Å². The summed E-state index contributed by atoms with van der Waals surface area (Å²) in [5.41, 5.74) is 1.24. The molecule has 0 aliphatic carbocycles. The highest BCUT2D eigenvalue weighted by molar-refractivity contribution is 7.93. The summed E-state index contributed by atoms with van der Waals surface area (Å²) in [6.45, 7) is 3.16. The number of aryl methyl sites for hydroxylation is 1. The van der Waals surface area contributed by atoms with Crippen molar-refractivity contribution in [1.29, 1.82) is 5.26 Å². The molecule has 0 aromatic heterocycles. The van der Waals surface area contributed by atoms with Crippen LogP contribution in [0.1, 0.15) is 12.5 Å². The summed E-state index contributed by atoms with van der Waals surface area (Å²) in [7, 11) is -2.25. The Hall–Kier alpha value is -1.74. The number of ether oxygens (including phenoxy) is 1. The van der Waals surface area contributed by atoms with Crippen molar-refractivity contribution in [2.24, 2.45) is 0 Å². The molecule has 1 aromatic rings. The number of sulfonamides is 1. The summed E-state index contributed by atoms with van der Waals surface area (Å²) in [4.78, 5) is 0. The first-order valence-corrected chi connectivity index (χ1v) is 6.51. The number of nitrogens with zero attached hydrogens (tertiary/aromatic N) is 1. The van der Waals surface area contributed by atoms with Gasteiger partial charge in [-0.3, -0.25) is 4.72 Å². The number of anilines is 1. The summed E-state index contributed by atoms with van der Waals surface area (Å²) in [5, 5.41) is 7.51. The molecule has 1 aromatic carbocycles. The molecule has 0 radical (unpaired) electrons. The van der Waals surface area contributed by atoms with E-state index in [1.165, 1.54) is 14.0 Å². The first-order valence-electron chi connectivity index (χ1n) is 4.96. The maximum absolute atomic E-state index is 11.7. The van der Waals surface area contributed by atoms with Gasteiger partial charge in [-0.15, -0.1) is 0 Å². The maximum atomic E-state index is 11.7. The van der Waals surface area contributed by atoms with Crippen molar-refractivity contribution >= 4 is 15.7 Å². The molecule has 1 atom stereocenters. The third-order valence-electron chi connectivity index (χ3n) is 2.25. The van der Waals surface area contributed by atoms with Crippen LogP contribution in [0.4, 0.5) is 5.69 Å². The second-order valence-electron chi connectivity index (χ2n) is 3.62. The van der Waals surface area contributed by atoms with Crippen LogP contribution in [0.15, 0.2) is 18.2 Å². The first-order chi connectivity index (χ1) is 7.90. The molecule has 1 unspecified atom stereocenters. The van der Waals surface area contributed by atoms with Gasteiger partial charge in [0.1, 0.15) is 5.75 Å². The third kappa shape index (κ3) is 3.11. The average Bonchev–Trinajstić information content (AvgIpc) is 2.27. The molecule has 92 valence electrons. The Morgan fingerprint density at radius 3 is 2.65 bits per heavy atom. The molecule has 1 rings (SSSR count). The molecule has 1 N–H and O–H groups in total. The van der Waals surface area contributed by atoms with Gasteiger partial charge >= 0.3 is 0 Å². The Bertz CT molecular complexity index is 546. The van der Waals surface area contributed by atoms with Gasteiger partial charge in [0.15, 0.2) is 5.25 Å². The molecular formula is C11H14N2O3S. The Morgan fingerprint density at radius 2 is 2.12 bits per heavy atom. The molecule has 0 bridgehead atoms. The van der Waals surface area contributed by atoms with Crippen molar-refractivity contribution in [1.82, 2.24) is 0 Å². The number of rotatable bonds is 4. The minimum absolute atomic E-state index is 0.342. The summed E-state index contributed by atoms with van der Waals surface area (Å²) >= 11 is 0. The summed E-state index contributed by atoms with van der Waals surface area (Å²) in [6, 6.07) is 6.82. The molecule has 0 fully saturated rings. The van der Waals surface area contributed by atoms with E-state index < -0.39 is 15.3 Å². The number of hydrogen-bond acceptors (Lipinski definition) is 4. The summed E-state index contributed by atoms with van der Waals surface area (Å²) < 4.78 is 30.8. The van der Waals surface area contributed by atoms with Crippen LogP contribution in [-0.4, -0.2) is 20.8 Å². The fourth-order valence-electron chi connectivity index (χ4n) is 1.21. The highest BCUT2D eigenvalue weighted by Gasteiger charge is 2.21. The normalized spacial score (nSPS) is 12.6. The van der Waals surface area contributed by atoms with E-state index in [9.17, 15) is 8.42 Å². The molecule has 5 nitrogen and oxygen atoms in total. The summed E-state index contributed by atoms with van der Waals surface area (Å²) in [6.07, 6.45) is 0. The van der Waals surface area contributed by atoms with Gasteiger partial charge < -0.3 is 4.74 Å². The zero-order chi connectivity index (χ0) is 13.1. The monoisotopic (exact) mass is 254 g/mol. The van der Waals surface area contributed by atoms with Crippen LogP contribution in [0.5, 0.6) is 5.75 Å². The lowest BCUT2D eigenvalue weighted by Gasteiger charge is -2.13. The SMILES string of the molecule is COc1ccc(C)cc1NS(=O)(=O)C(C)C#N. The van der Waals surface area contributed by atoms with Gasteiger partial charge in [0, 0.05) is 0 Å². The lowest BCUT2D eigenvalue weighted by atomic mass is 10.2. The second-order valence-corrected chi connectivity index (χ2v) is 5.62. The predicted molar refractivity (Wildman–Crippen MR) is 65.3 cm³/mol. The van der Waals surface area contributed by atoms with E-state index in [-0.39, 0.29) is 0 Å². The zero-order valence-corrected chi connectivity index (χ0v) is 10.7. The van der Waals surface area contributed by atoms with Crippen LogP contribution in [0.2, 0.25) is 0 Å².